The lowest BCUT2D eigenvalue weighted by Crippen LogP contribution is -2.46. The maximum atomic E-state index is 5.78. The first-order valence-electron chi connectivity index (χ1n) is 6.84. The predicted molar refractivity (Wildman–Crippen MR) is 73.1 cm³/mol. The Morgan fingerprint density at radius 2 is 1.94 bits per heavy atom. The number of halogens is 1. The molecule has 1 heterocycles. The molecule has 1 aliphatic heterocycles. The normalized spacial score (nSPS) is 33.9. The molecule has 0 spiro atoms. The SMILES string of the molecule is CC(CCCl)CCN1CC(C)CC(C)C1C. The quantitative estimate of drug-likeness (QED) is 0.662. The Kier molecular flexibility index (Phi) is 6.13. The Labute approximate surface area is 107 Å². The highest BCUT2D eigenvalue weighted by molar-refractivity contribution is 6.17. The molecule has 4 atom stereocenters. The van der Waals surface area contributed by atoms with Gasteiger partial charge in [0.1, 0.15) is 0 Å². The third-order valence-electron chi connectivity index (χ3n) is 4.23. The fraction of sp³-hybridized carbons (Fsp3) is 1.00. The number of hydrogen-bond donors (Lipinski definition) is 0. The van der Waals surface area contributed by atoms with E-state index in [4.69, 9.17) is 11.6 Å². The van der Waals surface area contributed by atoms with E-state index in [1.165, 1.54) is 25.9 Å². The van der Waals surface area contributed by atoms with Gasteiger partial charge in [-0.05, 0) is 50.5 Å². The van der Waals surface area contributed by atoms with Crippen LogP contribution in [0.4, 0.5) is 0 Å². The molecule has 1 saturated heterocycles. The van der Waals surface area contributed by atoms with Gasteiger partial charge in [0.05, 0.1) is 0 Å². The van der Waals surface area contributed by atoms with E-state index in [2.05, 4.69) is 32.6 Å². The third-order valence-corrected chi connectivity index (χ3v) is 4.45. The summed E-state index contributed by atoms with van der Waals surface area (Å²) < 4.78 is 0. The van der Waals surface area contributed by atoms with Crippen LogP contribution in [0.25, 0.3) is 0 Å². The molecule has 0 aromatic heterocycles. The molecule has 1 rings (SSSR count). The topological polar surface area (TPSA) is 3.24 Å². The summed E-state index contributed by atoms with van der Waals surface area (Å²) in [6.45, 7) is 12.0. The first kappa shape index (κ1) is 14.3. The van der Waals surface area contributed by atoms with Gasteiger partial charge < -0.3 is 4.90 Å². The van der Waals surface area contributed by atoms with E-state index in [0.717, 1.165) is 36.1 Å². The number of alkyl halides is 1. The van der Waals surface area contributed by atoms with E-state index in [1.807, 2.05) is 0 Å². The molecule has 96 valence electrons. The Morgan fingerprint density at radius 3 is 2.56 bits per heavy atom. The minimum atomic E-state index is 0.763. The average Bonchev–Trinajstić information content (AvgIpc) is 2.21. The number of hydrogen-bond acceptors (Lipinski definition) is 1. The Hall–Kier alpha value is 0.250. The monoisotopic (exact) mass is 245 g/mol. The van der Waals surface area contributed by atoms with Gasteiger partial charge in [-0.3, -0.25) is 0 Å². The Morgan fingerprint density at radius 1 is 1.25 bits per heavy atom. The molecule has 16 heavy (non-hydrogen) atoms. The first-order valence-corrected chi connectivity index (χ1v) is 7.38. The van der Waals surface area contributed by atoms with Crippen molar-refractivity contribution in [1.29, 1.82) is 0 Å². The summed E-state index contributed by atoms with van der Waals surface area (Å²) in [5.41, 5.74) is 0. The van der Waals surface area contributed by atoms with E-state index in [0.29, 0.717) is 0 Å². The minimum Gasteiger partial charge on any atom is -0.300 e. The summed E-state index contributed by atoms with van der Waals surface area (Å²) in [5, 5.41) is 0. The second-order valence-electron chi connectivity index (χ2n) is 5.93. The summed E-state index contributed by atoms with van der Waals surface area (Å²) in [6.07, 6.45) is 3.86. The number of rotatable bonds is 5. The highest BCUT2D eigenvalue weighted by Crippen LogP contribution is 2.27. The Bertz CT molecular complexity index is 195. The molecule has 0 saturated carbocycles. The fourth-order valence-corrected chi connectivity index (χ4v) is 3.22. The van der Waals surface area contributed by atoms with Crippen LogP contribution < -0.4 is 0 Å². The predicted octanol–water partition coefficient (Wildman–Crippen LogP) is 4.01. The van der Waals surface area contributed by atoms with Crippen molar-refractivity contribution >= 4 is 11.6 Å². The zero-order valence-corrected chi connectivity index (χ0v) is 12.1. The highest BCUT2D eigenvalue weighted by Gasteiger charge is 2.28. The fourth-order valence-electron chi connectivity index (χ4n) is 2.84. The van der Waals surface area contributed by atoms with Crippen LogP contribution in [-0.4, -0.2) is 29.9 Å². The molecule has 1 fully saturated rings. The van der Waals surface area contributed by atoms with Gasteiger partial charge in [0.15, 0.2) is 0 Å². The molecule has 0 N–H and O–H groups in total. The average molecular weight is 246 g/mol. The highest BCUT2D eigenvalue weighted by atomic mass is 35.5. The zero-order valence-electron chi connectivity index (χ0n) is 11.4. The lowest BCUT2D eigenvalue weighted by atomic mass is 9.85. The molecule has 0 aromatic carbocycles. The van der Waals surface area contributed by atoms with Crippen molar-refractivity contribution in [2.45, 2.75) is 53.0 Å². The summed E-state index contributed by atoms with van der Waals surface area (Å²) in [4.78, 5) is 2.68. The molecule has 0 radical (unpaired) electrons. The van der Waals surface area contributed by atoms with Crippen molar-refractivity contribution in [2.24, 2.45) is 17.8 Å². The molecule has 0 bridgehead atoms. The van der Waals surface area contributed by atoms with E-state index >= 15 is 0 Å². The third kappa shape index (κ3) is 4.25. The van der Waals surface area contributed by atoms with Crippen LogP contribution in [0.1, 0.15) is 47.0 Å². The number of likely N-dealkylation sites (tertiary alicyclic amines) is 1. The maximum Gasteiger partial charge on any atom is 0.0225 e. The summed E-state index contributed by atoms with van der Waals surface area (Å²) in [6, 6.07) is 0.763. The molecule has 1 aliphatic rings. The lowest BCUT2D eigenvalue weighted by Gasteiger charge is -2.41. The second kappa shape index (κ2) is 6.86. The molecule has 2 heteroatoms. The number of nitrogens with zero attached hydrogens (tertiary/aromatic N) is 1. The van der Waals surface area contributed by atoms with Crippen LogP contribution in [0, 0.1) is 17.8 Å². The second-order valence-corrected chi connectivity index (χ2v) is 6.30. The van der Waals surface area contributed by atoms with Crippen LogP contribution >= 0.6 is 11.6 Å². The van der Waals surface area contributed by atoms with Gasteiger partial charge in [0.2, 0.25) is 0 Å². The van der Waals surface area contributed by atoms with Gasteiger partial charge >= 0.3 is 0 Å². The van der Waals surface area contributed by atoms with E-state index in [1.54, 1.807) is 0 Å². The van der Waals surface area contributed by atoms with Gasteiger partial charge in [-0.15, -0.1) is 11.6 Å². The zero-order chi connectivity index (χ0) is 12.1. The van der Waals surface area contributed by atoms with Gasteiger partial charge in [-0.1, -0.05) is 20.8 Å². The van der Waals surface area contributed by atoms with E-state index in [-0.39, 0.29) is 0 Å². The van der Waals surface area contributed by atoms with Crippen LogP contribution in [0.5, 0.6) is 0 Å². The van der Waals surface area contributed by atoms with Crippen molar-refractivity contribution < 1.29 is 0 Å². The standard InChI is InChI=1S/C14H28ClN/c1-11(5-7-15)6-8-16-10-12(2)9-13(3)14(16)4/h11-14H,5-10H2,1-4H3. The Balaban J connectivity index is 2.34. The molecular formula is C14H28ClN. The van der Waals surface area contributed by atoms with Gasteiger partial charge in [-0.25, -0.2) is 0 Å². The minimum absolute atomic E-state index is 0.763. The smallest absolute Gasteiger partial charge is 0.0225 e. The maximum absolute atomic E-state index is 5.78. The van der Waals surface area contributed by atoms with Crippen LogP contribution in [0.3, 0.4) is 0 Å². The largest absolute Gasteiger partial charge is 0.300 e. The number of piperidine rings is 1. The lowest BCUT2D eigenvalue weighted by molar-refractivity contribution is 0.0747. The van der Waals surface area contributed by atoms with Crippen LogP contribution in [0.2, 0.25) is 0 Å². The summed E-state index contributed by atoms with van der Waals surface area (Å²) in [7, 11) is 0. The van der Waals surface area contributed by atoms with Crippen molar-refractivity contribution in [3.63, 3.8) is 0 Å². The van der Waals surface area contributed by atoms with Crippen molar-refractivity contribution in [3.8, 4) is 0 Å². The van der Waals surface area contributed by atoms with Crippen molar-refractivity contribution in [1.82, 2.24) is 4.90 Å². The van der Waals surface area contributed by atoms with Crippen LogP contribution in [0.15, 0.2) is 0 Å². The molecule has 4 unspecified atom stereocenters. The van der Waals surface area contributed by atoms with Gasteiger partial charge in [0, 0.05) is 18.5 Å². The molecule has 0 aliphatic carbocycles. The van der Waals surface area contributed by atoms with E-state index in [9.17, 15) is 0 Å². The van der Waals surface area contributed by atoms with E-state index < -0.39 is 0 Å². The van der Waals surface area contributed by atoms with Crippen molar-refractivity contribution in [3.05, 3.63) is 0 Å². The van der Waals surface area contributed by atoms with Crippen LogP contribution in [-0.2, 0) is 0 Å². The summed E-state index contributed by atoms with van der Waals surface area (Å²) in [5.74, 6) is 3.31. The molecule has 0 aromatic rings. The van der Waals surface area contributed by atoms with Gasteiger partial charge in [-0.2, -0.15) is 0 Å². The molecule has 0 amide bonds. The van der Waals surface area contributed by atoms with Crippen molar-refractivity contribution in [2.75, 3.05) is 19.0 Å². The molecule has 1 nitrogen and oxygen atoms in total. The molecular weight excluding hydrogens is 218 g/mol. The first-order chi connectivity index (χ1) is 7.54. The summed E-state index contributed by atoms with van der Waals surface area (Å²) >= 11 is 5.78. The van der Waals surface area contributed by atoms with Gasteiger partial charge in [0.25, 0.3) is 0 Å².